The molecule has 36 heavy (non-hydrogen) atoms. The van der Waals surface area contributed by atoms with Gasteiger partial charge in [0.05, 0.1) is 35.2 Å². The number of nitrogens with zero attached hydrogens (tertiary/aromatic N) is 4. The molecule has 0 aliphatic rings. The molecule has 1 amide bonds. The SMILES string of the molecule is CCCCn1c(C(Cc2ccccc2)NC(=O)c2ccc3nccnc3c2)nc2ccc(OC)cc21. The summed E-state index contributed by atoms with van der Waals surface area (Å²) in [7, 11) is 1.67. The zero-order valence-electron chi connectivity index (χ0n) is 20.5. The highest BCUT2D eigenvalue weighted by Gasteiger charge is 2.24. The number of aryl methyl sites for hydroxylation is 1. The zero-order chi connectivity index (χ0) is 24.9. The quantitative estimate of drug-likeness (QED) is 0.302. The summed E-state index contributed by atoms with van der Waals surface area (Å²) in [6, 6.07) is 21.2. The number of carbonyl (C=O) groups excluding carboxylic acids is 1. The molecule has 0 saturated carbocycles. The van der Waals surface area contributed by atoms with Gasteiger partial charge in [-0.15, -0.1) is 0 Å². The van der Waals surface area contributed by atoms with Crippen molar-refractivity contribution >= 4 is 28.0 Å². The lowest BCUT2D eigenvalue weighted by Gasteiger charge is -2.21. The fourth-order valence-electron chi connectivity index (χ4n) is 4.47. The van der Waals surface area contributed by atoms with Crippen LogP contribution in [0.25, 0.3) is 22.1 Å². The Balaban J connectivity index is 1.56. The number of hydrogen-bond donors (Lipinski definition) is 1. The third-order valence-corrected chi connectivity index (χ3v) is 6.35. The molecule has 1 unspecified atom stereocenters. The first-order valence-corrected chi connectivity index (χ1v) is 12.3. The number of fused-ring (bicyclic) bond motifs is 2. The number of carbonyl (C=O) groups is 1. The molecule has 7 heteroatoms. The maximum Gasteiger partial charge on any atom is 0.251 e. The number of unbranched alkanes of at least 4 members (excludes halogenated alkanes) is 1. The molecule has 0 saturated heterocycles. The third-order valence-electron chi connectivity index (χ3n) is 6.35. The van der Waals surface area contributed by atoms with Crippen LogP contribution in [0.5, 0.6) is 5.75 Å². The summed E-state index contributed by atoms with van der Waals surface area (Å²) in [4.78, 5) is 27.1. The predicted molar refractivity (Wildman–Crippen MR) is 141 cm³/mol. The number of hydrogen-bond acceptors (Lipinski definition) is 5. The minimum absolute atomic E-state index is 0.171. The maximum absolute atomic E-state index is 13.5. The highest BCUT2D eigenvalue weighted by atomic mass is 16.5. The number of ether oxygens (including phenoxy) is 1. The lowest BCUT2D eigenvalue weighted by Crippen LogP contribution is -2.32. The Morgan fingerprint density at radius 3 is 2.53 bits per heavy atom. The van der Waals surface area contributed by atoms with Gasteiger partial charge in [-0.1, -0.05) is 43.7 Å². The average molecular weight is 480 g/mol. The minimum atomic E-state index is -0.326. The highest BCUT2D eigenvalue weighted by Crippen LogP contribution is 2.28. The van der Waals surface area contributed by atoms with Crippen LogP contribution in [0.2, 0.25) is 0 Å². The van der Waals surface area contributed by atoms with Gasteiger partial charge >= 0.3 is 0 Å². The lowest BCUT2D eigenvalue weighted by atomic mass is 10.0. The van der Waals surface area contributed by atoms with Crippen molar-refractivity contribution in [2.45, 2.75) is 38.8 Å². The molecule has 7 nitrogen and oxygen atoms in total. The second kappa shape index (κ2) is 10.6. The fraction of sp³-hybridized carbons (Fsp3) is 0.241. The molecule has 5 aromatic rings. The van der Waals surface area contributed by atoms with Gasteiger partial charge in [-0.25, -0.2) is 4.98 Å². The van der Waals surface area contributed by atoms with Gasteiger partial charge in [0, 0.05) is 30.6 Å². The monoisotopic (exact) mass is 479 g/mol. The van der Waals surface area contributed by atoms with E-state index < -0.39 is 0 Å². The Labute approximate surface area is 210 Å². The summed E-state index contributed by atoms with van der Waals surface area (Å²) in [5.74, 6) is 1.45. The van der Waals surface area contributed by atoms with E-state index in [1.54, 1.807) is 31.6 Å². The average Bonchev–Trinajstić information content (AvgIpc) is 3.29. The first kappa shape index (κ1) is 23.5. The van der Waals surface area contributed by atoms with E-state index >= 15 is 0 Å². The molecular formula is C29H29N5O2. The van der Waals surface area contributed by atoms with E-state index in [1.165, 1.54) is 0 Å². The third kappa shape index (κ3) is 4.91. The van der Waals surface area contributed by atoms with E-state index in [1.807, 2.05) is 42.5 Å². The van der Waals surface area contributed by atoms with Crippen LogP contribution in [0, 0.1) is 0 Å². The number of nitrogens with one attached hydrogen (secondary N) is 1. The summed E-state index contributed by atoms with van der Waals surface area (Å²) in [5, 5.41) is 3.27. The van der Waals surface area contributed by atoms with Crippen molar-refractivity contribution in [2.75, 3.05) is 7.11 Å². The van der Waals surface area contributed by atoms with Gasteiger partial charge in [0.15, 0.2) is 0 Å². The second-order valence-corrected chi connectivity index (χ2v) is 8.81. The van der Waals surface area contributed by atoms with Crippen LogP contribution in [0.4, 0.5) is 0 Å². The van der Waals surface area contributed by atoms with Crippen molar-refractivity contribution in [2.24, 2.45) is 0 Å². The van der Waals surface area contributed by atoms with Crippen molar-refractivity contribution < 1.29 is 9.53 Å². The highest BCUT2D eigenvalue weighted by molar-refractivity contribution is 5.97. The molecule has 1 N–H and O–H groups in total. The molecular weight excluding hydrogens is 450 g/mol. The standard InChI is InChI=1S/C29H29N5O2/c1-3-4-16-34-27-19-22(36-2)11-13-24(27)32-28(34)26(17-20-8-6-5-7-9-20)33-29(35)21-10-12-23-25(18-21)31-15-14-30-23/h5-15,18-19,26H,3-4,16-17H2,1-2H3,(H,33,35). The Morgan fingerprint density at radius 2 is 1.75 bits per heavy atom. The number of imidazole rings is 1. The lowest BCUT2D eigenvalue weighted by molar-refractivity contribution is 0.0934. The van der Waals surface area contributed by atoms with Crippen LogP contribution < -0.4 is 10.1 Å². The number of amides is 1. The molecule has 0 aliphatic carbocycles. The van der Waals surface area contributed by atoms with Crippen LogP contribution in [-0.2, 0) is 13.0 Å². The normalized spacial score (nSPS) is 12.1. The molecule has 0 fully saturated rings. The molecule has 5 rings (SSSR count). The predicted octanol–water partition coefficient (Wildman–Crippen LogP) is 5.50. The van der Waals surface area contributed by atoms with Crippen molar-refractivity contribution in [1.82, 2.24) is 24.8 Å². The van der Waals surface area contributed by atoms with Crippen LogP contribution in [0.3, 0.4) is 0 Å². The summed E-state index contributed by atoms with van der Waals surface area (Å²) in [6.45, 7) is 2.98. The number of methoxy groups -OCH3 is 1. The van der Waals surface area contributed by atoms with Crippen molar-refractivity contribution in [3.05, 3.63) is 96.1 Å². The summed E-state index contributed by atoms with van der Waals surface area (Å²) in [6.07, 6.45) is 5.95. The molecule has 0 bridgehead atoms. The topological polar surface area (TPSA) is 81.9 Å². The molecule has 3 aromatic carbocycles. The van der Waals surface area contributed by atoms with Gasteiger partial charge in [0.25, 0.3) is 5.91 Å². The van der Waals surface area contributed by atoms with Crippen molar-refractivity contribution in [3.63, 3.8) is 0 Å². The molecule has 1 atom stereocenters. The Bertz CT molecular complexity index is 1500. The van der Waals surface area contributed by atoms with Crippen molar-refractivity contribution in [3.8, 4) is 5.75 Å². The van der Waals surface area contributed by atoms with E-state index in [2.05, 4.69) is 38.9 Å². The van der Waals surface area contributed by atoms with E-state index in [9.17, 15) is 4.79 Å². The summed E-state index contributed by atoms with van der Waals surface area (Å²) >= 11 is 0. The Kier molecular flexibility index (Phi) is 6.89. The van der Waals surface area contributed by atoms with Crippen LogP contribution in [0.1, 0.15) is 47.6 Å². The van der Waals surface area contributed by atoms with Gasteiger partial charge in [0.2, 0.25) is 0 Å². The van der Waals surface area contributed by atoms with E-state index in [4.69, 9.17) is 9.72 Å². The van der Waals surface area contributed by atoms with Gasteiger partial charge in [-0.3, -0.25) is 14.8 Å². The molecule has 182 valence electrons. The molecule has 0 radical (unpaired) electrons. The zero-order valence-corrected chi connectivity index (χ0v) is 20.5. The molecule has 2 heterocycles. The van der Waals surface area contributed by atoms with E-state index in [0.717, 1.165) is 53.1 Å². The van der Waals surface area contributed by atoms with Gasteiger partial charge in [-0.2, -0.15) is 0 Å². The van der Waals surface area contributed by atoms with Crippen LogP contribution in [0.15, 0.2) is 79.1 Å². The first-order valence-electron chi connectivity index (χ1n) is 12.3. The van der Waals surface area contributed by atoms with Gasteiger partial charge in [0.1, 0.15) is 11.6 Å². The molecule has 2 aromatic heterocycles. The Hall–Kier alpha value is -4.26. The Morgan fingerprint density at radius 1 is 0.972 bits per heavy atom. The second-order valence-electron chi connectivity index (χ2n) is 8.81. The van der Waals surface area contributed by atoms with E-state index in [0.29, 0.717) is 17.5 Å². The fourth-order valence-corrected chi connectivity index (χ4v) is 4.47. The van der Waals surface area contributed by atoms with Gasteiger partial charge in [-0.05, 0) is 48.7 Å². The molecule has 0 spiro atoms. The summed E-state index contributed by atoms with van der Waals surface area (Å²) in [5.41, 5.74) is 5.00. The number of benzene rings is 3. The van der Waals surface area contributed by atoms with Crippen LogP contribution in [-0.4, -0.2) is 32.5 Å². The molecule has 0 aliphatic heterocycles. The first-order chi connectivity index (χ1) is 17.7. The van der Waals surface area contributed by atoms with Crippen molar-refractivity contribution in [1.29, 1.82) is 0 Å². The van der Waals surface area contributed by atoms with Crippen LogP contribution >= 0.6 is 0 Å². The largest absolute Gasteiger partial charge is 0.497 e. The number of rotatable bonds is 9. The van der Waals surface area contributed by atoms with Gasteiger partial charge < -0.3 is 14.6 Å². The smallest absolute Gasteiger partial charge is 0.251 e. The number of aromatic nitrogens is 4. The maximum atomic E-state index is 13.5. The summed E-state index contributed by atoms with van der Waals surface area (Å²) < 4.78 is 7.71. The van der Waals surface area contributed by atoms with E-state index in [-0.39, 0.29) is 11.9 Å². The minimum Gasteiger partial charge on any atom is -0.497 e.